The Bertz CT molecular complexity index is 829. The van der Waals surface area contributed by atoms with Crippen molar-refractivity contribution in [2.45, 2.75) is 39.2 Å². The van der Waals surface area contributed by atoms with Gasteiger partial charge in [0.05, 0.1) is 5.69 Å². The van der Waals surface area contributed by atoms with Crippen LogP contribution in [0, 0.1) is 11.7 Å². The topological polar surface area (TPSA) is 84.2 Å². The minimum absolute atomic E-state index is 0.226. The number of carbonyl (C=O) groups is 2. The van der Waals surface area contributed by atoms with Gasteiger partial charge in [-0.05, 0) is 43.4 Å². The van der Waals surface area contributed by atoms with Crippen LogP contribution in [0.1, 0.15) is 42.0 Å². The summed E-state index contributed by atoms with van der Waals surface area (Å²) in [4.78, 5) is 23.9. The molecule has 1 aliphatic rings. The van der Waals surface area contributed by atoms with Gasteiger partial charge in [0, 0.05) is 11.3 Å². The van der Waals surface area contributed by atoms with Crippen LogP contribution in [0.5, 0.6) is 0 Å². The number of halogens is 1. The van der Waals surface area contributed by atoms with Gasteiger partial charge in [0.15, 0.2) is 5.69 Å². The fourth-order valence-electron chi connectivity index (χ4n) is 3.16. The second kappa shape index (κ2) is 6.66. The molecule has 0 fully saturated rings. The van der Waals surface area contributed by atoms with Crippen LogP contribution in [0.2, 0.25) is 0 Å². The molecule has 2 N–H and O–H groups in total. The largest absolute Gasteiger partial charge is 0.480 e. The lowest BCUT2D eigenvalue weighted by Gasteiger charge is -2.17. The maximum Gasteiger partial charge on any atom is 0.326 e. The summed E-state index contributed by atoms with van der Waals surface area (Å²) in [6.07, 6.45) is 2.33. The normalized spacial score (nSPS) is 14.4. The summed E-state index contributed by atoms with van der Waals surface area (Å²) < 4.78 is 15.1. The van der Waals surface area contributed by atoms with E-state index in [-0.39, 0.29) is 17.4 Å². The zero-order valence-electron chi connectivity index (χ0n) is 14.1. The minimum Gasteiger partial charge on any atom is -0.480 e. The summed E-state index contributed by atoms with van der Waals surface area (Å²) in [5.41, 5.74) is 2.47. The maximum absolute atomic E-state index is 13.5. The van der Waals surface area contributed by atoms with Crippen LogP contribution < -0.4 is 5.32 Å². The number of amides is 1. The summed E-state index contributed by atoms with van der Waals surface area (Å²) in [5, 5.41) is 16.2. The Kier molecular flexibility index (Phi) is 4.57. The first-order valence-electron chi connectivity index (χ1n) is 8.29. The number of nitrogens with zero attached hydrogens (tertiary/aromatic N) is 2. The highest BCUT2D eigenvalue weighted by Crippen LogP contribution is 2.28. The molecule has 25 heavy (non-hydrogen) atoms. The summed E-state index contributed by atoms with van der Waals surface area (Å²) >= 11 is 0. The Labute approximate surface area is 144 Å². The van der Waals surface area contributed by atoms with Crippen molar-refractivity contribution < 1.29 is 19.1 Å². The van der Waals surface area contributed by atoms with Crippen molar-refractivity contribution in [2.24, 2.45) is 5.92 Å². The molecule has 1 aliphatic carbocycles. The van der Waals surface area contributed by atoms with E-state index in [4.69, 9.17) is 0 Å². The van der Waals surface area contributed by atoms with Crippen LogP contribution in [0.15, 0.2) is 24.3 Å². The molecule has 0 bridgehead atoms. The van der Waals surface area contributed by atoms with Gasteiger partial charge >= 0.3 is 5.97 Å². The van der Waals surface area contributed by atoms with Gasteiger partial charge in [-0.3, -0.25) is 4.79 Å². The van der Waals surface area contributed by atoms with Gasteiger partial charge < -0.3 is 10.4 Å². The zero-order valence-corrected chi connectivity index (χ0v) is 14.1. The van der Waals surface area contributed by atoms with E-state index in [2.05, 4.69) is 10.4 Å². The van der Waals surface area contributed by atoms with Crippen molar-refractivity contribution in [3.63, 3.8) is 0 Å². The Hall–Kier alpha value is -2.70. The number of carboxylic acids is 1. The second-order valence-electron chi connectivity index (χ2n) is 6.55. The van der Waals surface area contributed by atoms with Crippen molar-refractivity contribution >= 4 is 11.9 Å². The number of carboxylic acid groups (broad SMARTS) is 1. The molecule has 1 amide bonds. The van der Waals surface area contributed by atoms with Crippen molar-refractivity contribution in [3.8, 4) is 5.69 Å². The van der Waals surface area contributed by atoms with Gasteiger partial charge in [0.2, 0.25) is 0 Å². The number of nitrogens with one attached hydrogen (secondary N) is 1. The summed E-state index contributed by atoms with van der Waals surface area (Å²) in [5.74, 6) is -2.21. The molecule has 3 rings (SSSR count). The first kappa shape index (κ1) is 17.1. The van der Waals surface area contributed by atoms with E-state index in [1.165, 1.54) is 12.1 Å². The average molecular weight is 345 g/mol. The van der Waals surface area contributed by atoms with Gasteiger partial charge in [0.25, 0.3) is 5.91 Å². The van der Waals surface area contributed by atoms with Gasteiger partial charge in [-0.25, -0.2) is 13.9 Å². The fraction of sp³-hybridized carbons (Fsp3) is 0.389. The summed E-state index contributed by atoms with van der Waals surface area (Å²) in [6.45, 7) is 3.46. The SMILES string of the molecule is CC(C)[C@H](NC(=O)c1nn(-c2cccc(F)c2)c2c1CCC2)C(=O)O. The van der Waals surface area contributed by atoms with E-state index < -0.39 is 17.9 Å². The molecule has 7 heteroatoms. The van der Waals surface area contributed by atoms with Gasteiger partial charge in [0.1, 0.15) is 11.9 Å². The Morgan fingerprint density at radius 1 is 1.32 bits per heavy atom. The number of fused-ring (bicyclic) bond motifs is 1. The van der Waals surface area contributed by atoms with E-state index in [1.54, 1.807) is 30.7 Å². The Morgan fingerprint density at radius 2 is 2.08 bits per heavy atom. The fourth-order valence-corrected chi connectivity index (χ4v) is 3.16. The maximum atomic E-state index is 13.5. The number of rotatable bonds is 5. The van der Waals surface area contributed by atoms with E-state index >= 15 is 0 Å². The zero-order chi connectivity index (χ0) is 18.1. The molecule has 0 unspecified atom stereocenters. The van der Waals surface area contributed by atoms with E-state index in [1.807, 2.05) is 0 Å². The number of carbonyl (C=O) groups excluding carboxylic acids is 1. The molecule has 0 aliphatic heterocycles. The third kappa shape index (κ3) is 3.26. The third-order valence-electron chi connectivity index (χ3n) is 4.42. The molecular weight excluding hydrogens is 325 g/mol. The number of benzene rings is 1. The molecule has 1 heterocycles. The van der Waals surface area contributed by atoms with Gasteiger partial charge in [-0.1, -0.05) is 19.9 Å². The van der Waals surface area contributed by atoms with E-state index in [0.717, 1.165) is 24.1 Å². The smallest absolute Gasteiger partial charge is 0.326 e. The lowest BCUT2D eigenvalue weighted by Crippen LogP contribution is -2.44. The van der Waals surface area contributed by atoms with Crippen LogP contribution >= 0.6 is 0 Å². The summed E-state index contributed by atoms with van der Waals surface area (Å²) in [7, 11) is 0. The van der Waals surface area contributed by atoms with Crippen LogP contribution in [-0.2, 0) is 17.6 Å². The molecule has 1 aromatic heterocycles. The van der Waals surface area contributed by atoms with Crippen molar-refractivity contribution in [1.82, 2.24) is 15.1 Å². The highest BCUT2D eigenvalue weighted by atomic mass is 19.1. The van der Waals surface area contributed by atoms with Crippen LogP contribution in [-0.4, -0.2) is 32.8 Å². The van der Waals surface area contributed by atoms with E-state index in [9.17, 15) is 19.1 Å². The van der Waals surface area contributed by atoms with Gasteiger partial charge in [-0.2, -0.15) is 5.10 Å². The molecular formula is C18H20FN3O3. The Balaban J connectivity index is 1.97. The lowest BCUT2D eigenvalue weighted by molar-refractivity contribution is -0.140. The predicted molar refractivity (Wildman–Crippen MR) is 89.3 cm³/mol. The van der Waals surface area contributed by atoms with Crippen LogP contribution in [0.25, 0.3) is 5.69 Å². The molecule has 0 radical (unpaired) electrons. The average Bonchev–Trinajstić information content (AvgIpc) is 3.13. The first-order valence-corrected chi connectivity index (χ1v) is 8.29. The third-order valence-corrected chi connectivity index (χ3v) is 4.42. The molecule has 0 spiro atoms. The van der Waals surface area contributed by atoms with Crippen molar-refractivity contribution in [3.05, 3.63) is 47.0 Å². The molecule has 1 aromatic carbocycles. The monoisotopic (exact) mass is 345 g/mol. The molecule has 2 aromatic rings. The summed E-state index contributed by atoms with van der Waals surface area (Å²) in [6, 6.07) is 5.04. The van der Waals surface area contributed by atoms with Crippen molar-refractivity contribution in [1.29, 1.82) is 0 Å². The molecule has 0 saturated heterocycles. The van der Waals surface area contributed by atoms with Crippen LogP contribution in [0.3, 0.4) is 0 Å². The molecule has 0 saturated carbocycles. The number of hydrogen-bond donors (Lipinski definition) is 2. The lowest BCUT2D eigenvalue weighted by atomic mass is 10.0. The van der Waals surface area contributed by atoms with Crippen molar-refractivity contribution in [2.75, 3.05) is 0 Å². The van der Waals surface area contributed by atoms with E-state index in [0.29, 0.717) is 12.1 Å². The number of aliphatic carboxylic acids is 1. The van der Waals surface area contributed by atoms with Gasteiger partial charge in [-0.15, -0.1) is 0 Å². The first-order chi connectivity index (χ1) is 11.9. The molecule has 1 atom stereocenters. The predicted octanol–water partition coefficient (Wildman–Crippen LogP) is 2.34. The quantitative estimate of drug-likeness (QED) is 0.871. The number of aromatic nitrogens is 2. The highest BCUT2D eigenvalue weighted by Gasteiger charge is 2.30. The highest BCUT2D eigenvalue weighted by molar-refractivity contribution is 5.96. The minimum atomic E-state index is -1.08. The molecule has 6 nitrogen and oxygen atoms in total. The number of hydrogen-bond acceptors (Lipinski definition) is 3. The molecule has 132 valence electrons. The second-order valence-corrected chi connectivity index (χ2v) is 6.55. The standard InChI is InChI=1S/C18H20FN3O3/c1-10(2)15(18(24)25)20-17(23)16-13-7-4-8-14(13)22(21-16)12-6-3-5-11(19)9-12/h3,5-6,9-10,15H,4,7-8H2,1-2H3,(H,20,23)(H,24,25)/t15-/m0/s1. The van der Waals surface area contributed by atoms with Crippen LogP contribution in [0.4, 0.5) is 4.39 Å². The Morgan fingerprint density at radius 3 is 2.72 bits per heavy atom.